The number of likely N-dealkylation sites (tertiary alicyclic amines) is 1. The molecule has 1 fully saturated rings. The number of rotatable bonds is 1. The van der Waals surface area contributed by atoms with Crippen LogP contribution in [-0.2, 0) is 0 Å². The first-order chi connectivity index (χ1) is 9.29. The van der Waals surface area contributed by atoms with Crippen LogP contribution in [0.15, 0.2) is 12.3 Å². The molecule has 0 aliphatic carbocycles. The van der Waals surface area contributed by atoms with E-state index in [1.54, 1.807) is 13.0 Å². The van der Waals surface area contributed by atoms with Gasteiger partial charge in [-0.2, -0.15) is 13.2 Å². The summed E-state index contributed by atoms with van der Waals surface area (Å²) in [4.78, 5) is 17.4. The van der Waals surface area contributed by atoms with E-state index in [1.165, 1.54) is 11.1 Å². The van der Waals surface area contributed by atoms with Gasteiger partial charge in [0.05, 0.1) is 11.5 Å². The number of carbonyl (C=O) groups excluding carboxylic acids is 1. The van der Waals surface area contributed by atoms with Gasteiger partial charge in [0.2, 0.25) is 0 Å². The highest BCUT2D eigenvalue weighted by molar-refractivity contribution is 5.98. The number of anilines is 1. The molecule has 0 saturated carbocycles. The standard InChI is InChI=1S/C13H16F3N3O/c1-8-5-11(17)10(6-18-8)12(20)19-4-2-3-9(7-19)13(14,15)16/h5-6,9H,2-4,7H2,1H3,(H2,17,18). The number of hydrogen-bond acceptors (Lipinski definition) is 3. The molecule has 2 rings (SSSR count). The second-order valence-corrected chi connectivity index (χ2v) is 5.04. The third kappa shape index (κ3) is 3.02. The Balaban J connectivity index is 2.16. The Bertz CT molecular complexity index is 516. The van der Waals surface area contributed by atoms with Gasteiger partial charge in [0, 0.05) is 30.7 Å². The van der Waals surface area contributed by atoms with Gasteiger partial charge in [0.1, 0.15) is 0 Å². The summed E-state index contributed by atoms with van der Waals surface area (Å²) in [7, 11) is 0. The molecule has 2 N–H and O–H groups in total. The molecule has 1 unspecified atom stereocenters. The Morgan fingerprint density at radius 1 is 1.50 bits per heavy atom. The molecule has 2 heterocycles. The summed E-state index contributed by atoms with van der Waals surface area (Å²) in [6.45, 7) is 1.74. The minimum absolute atomic E-state index is 0.0644. The normalized spacial score (nSPS) is 20.0. The SMILES string of the molecule is Cc1cc(N)c(C(=O)N2CCCC(C(F)(F)F)C2)cn1. The highest BCUT2D eigenvalue weighted by atomic mass is 19.4. The lowest BCUT2D eigenvalue weighted by Crippen LogP contribution is -2.44. The zero-order chi connectivity index (χ0) is 14.9. The van der Waals surface area contributed by atoms with E-state index in [-0.39, 0.29) is 24.2 Å². The number of carbonyl (C=O) groups is 1. The van der Waals surface area contributed by atoms with Crippen LogP contribution in [0.3, 0.4) is 0 Å². The first-order valence-electron chi connectivity index (χ1n) is 6.37. The highest BCUT2D eigenvalue weighted by Gasteiger charge is 2.42. The maximum absolute atomic E-state index is 12.7. The van der Waals surface area contributed by atoms with Crippen molar-refractivity contribution < 1.29 is 18.0 Å². The molecule has 1 aromatic rings. The minimum Gasteiger partial charge on any atom is -0.398 e. The molecule has 20 heavy (non-hydrogen) atoms. The summed E-state index contributed by atoms with van der Waals surface area (Å²) in [5.74, 6) is -1.94. The summed E-state index contributed by atoms with van der Waals surface area (Å²) in [5, 5.41) is 0. The number of halogens is 3. The van der Waals surface area contributed by atoms with E-state index in [9.17, 15) is 18.0 Å². The van der Waals surface area contributed by atoms with Gasteiger partial charge in [-0.1, -0.05) is 0 Å². The number of nitrogens with two attached hydrogens (primary N) is 1. The van der Waals surface area contributed by atoms with Crippen LogP contribution in [0.4, 0.5) is 18.9 Å². The number of aromatic nitrogens is 1. The fourth-order valence-corrected chi connectivity index (χ4v) is 2.36. The van der Waals surface area contributed by atoms with Gasteiger partial charge in [0.25, 0.3) is 5.91 Å². The topological polar surface area (TPSA) is 59.2 Å². The van der Waals surface area contributed by atoms with Gasteiger partial charge >= 0.3 is 6.18 Å². The van der Waals surface area contributed by atoms with Crippen molar-refractivity contribution in [1.82, 2.24) is 9.88 Å². The second-order valence-electron chi connectivity index (χ2n) is 5.04. The van der Waals surface area contributed by atoms with E-state index >= 15 is 0 Å². The summed E-state index contributed by atoms with van der Waals surface area (Å²) >= 11 is 0. The molecule has 1 saturated heterocycles. The molecule has 110 valence electrons. The Morgan fingerprint density at radius 3 is 2.80 bits per heavy atom. The summed E-state index contributed by atoms with van der Waals surface area (Å²) < 4.78 is 38.2. The van der Waals surface area contributed by atoms with Crippen LogP contribution in [0, 0.1) is 12.8 Å². The van der Waals surface area contributed by atoms with Crippen molar-refractivity contribution in [2.45, 2.75) is 25.9 Å². The van der Waals surface area contributed by atoms with Crippen LogP contribution in [0.2, 0.25) is 0 Å². The molecule has 1 atom stereocenters. The lowest BCUT2D eigenvalue weighted by Gasteiger charge is -2.33. The maximum atomic E-state index is 12.7. The summed E-state index contributed by atoms with van der Waals surface area (Å²) in [6, 6.07) is 1.54. The number of aryl methyl sites for hydroxylation is 1. The van der Waals surface area contributed by atoms with Crippen LogP contribution in [-0.4, -0.2) is 35.1 Å². The number of nitrogens with zero attached hydrogens (tertiary/aromatic N) is 2. The average Bonchev–Trinajstić information content (AvgIpc) is 2.37. The second kappa shape index (κ2) is 5.30. The Morgan fingerprint density at radius 2 is 2.20 bits per heavy atom. The van der Waals surface area contributed by atoms with Gasteiger partial charge in [-0.25, -0.2) is 0 Å². The number of pyridine rings is 1. The lowest BCUT2D eigenvalue weighted by molar-refractivity contribution is -0.184. The summed E-state index contributed by atoms with van der Waals surface area (Å²) in [6.07, 6.45) is -2.54. The van der Waals surface area contributed by atoms with E-state index in [4.69, 9.17) is 5.73 Å². The van der Waals surface area contributed by atoms with Gasteiger partial charge < -0.3 is 10.6 Å². The number of hydrogen-bond donors (Lipinski definition) is 1. The molecular formula is C13H16F3N3O. The largest absolute Gasteiger partial charge is 0.398 e. The Kier molecular flexibility index (Phi) is 3.87. The highest BCUT2D eigenvalue weighted by Crippen LogP contribution is 2.33. The average molecular weight is 287 g/mol. The van der Waals surface area contributed by atoms with Crippen LogP contribution >= 0.6 is 0 Å². The molecule has 0 radical (unpaired) electrons. The first kappa shape index (κ1) is 14.6. The molecule has 0 spiro atoms. The van der Waals surface area contributed by atoms with Crippen molar-refractivity contribution in [2.75, 3.05) is 18.8 Å². The van der Waals surface area contributed by atoms with Crippen LogP contribution in [0.5, 0.6) is 0 Å². The number of nitrogen functional groups attached to an aromatic ring is 1. The fourth-order valence-electron chi connectivity index (χ4n) is 2.36. The Hall–Kier alpha value is -1.79. The van der Waals surface area contributed by atoms with Crippen LogP contribution in [0.1, 0.15) is 28.9 Å². The van der Waals surface area contributed by atoms with Gasteiger partial charge in [-0.15, -0.1) is 0 Å². The molecule has 7 heteroatoms. The molecular weight excluding hydrogens is 271 g/mol. The molecule has 1 aliphatic heterocycles. The first-order valence-corrected chi connectivity index (χ1v) is 6.37. The quantitative estimate of drug-likeness (QED) is 0.862. The minimum atomic E-state index is -4.27. The van der Waals surface area contributed by atoms with Crippen molar-refractivity contribution in [1.29, 1.82) is 0 Å². The van der Waals surface area contributed by atoms with Crippen LogP contribution < -0.4 is 5.73 Å². The molecule has 0 aromatic carbocycles. The molecule has 1 amide bonds. The third-order valence-electron chi connectivity index (χ3n) is 3.47. The van der Waals surface area contributed by atoms with Crippen LogP contribution in [0.25, 0.3) is 0 Å². The van der Waals surface area contributed by atoms with Crippen molar-refractivity contribution in [2.24, 2.45) is 5.92 Å². The summed E-state index contributed by atoms with van der Waals surface area (Å²) in [5.41, 5.74) is 6.81. The Labute approximate surface area is 114 Å². The molecule has 1 aromatic heterocycles. The lowest BCUT2D eigenvalue weighted by atomic mass is 9.97. The predicted octanol–water partition coefficient (Wildman–Crippen LogP) is 2.39. The fraction of sp³-hybridized carbons (Fsp3) is 0.538. The molecule has 0 bridgehead atoms. The van der Waals surface area contributed by atoms with E-state index in [0.29, 0.717) is 18.7 Å². The molecule has 1 aliphatic rings. The number of alkyl halides is 3. The van der Waals surface area contributed by atoms with Crippen molar-refractivity contribution in [3.05, 3.63) is 23.5 Å². The van der Waals surface area contributed by atoms with Crippen molar-refractivity contribution >= 4 is 11.6 Å². The van der Waals surface area contributed by atoms with Crippen molar-refractivity contribution in [3.63, 3.8) is 0 Å². The van der Waals surface area contributed by atoms with Gasteiger partial charge in [-0.05, 0) is 25.8 Å². The number of amides is 1. The van der Waals surface area contributed by atoms with E-state index in [0.717, 1.165) is 0 Å². The zero-order valence-electron chi connectivity index (χ0n) is 11.1. The van der Waals surface area contributed by atoms with Crippen molar-refractivity contribution in [3.8, 4) is 0 Å². The van der Waals surface area contributed by atoms with E-state index < -0.39 is 18.0 Å². The zero-order valence-corrected chi connectivity index (χ0v) is 11.1. The number of piperidine rings is 1. The maximum Gasteiger partial charge on any atom is 0.393 e. The molecule has 4 nitrogen and oxygen atoms in total. The monoisotopic (exact) mass is 287 g/mol. The van der Waals surface area contributed by atoms with E-state index in [1.807, 2.05) is 0 Å². The van der Waals surface area contributed by atoms with Gasteiger partial charge in [-0.3, -0.25) is 9.78 Å². The van der Waals surface area contributed by atoms with E-state index in [2.05, 4.69) is 4.98 Å². The predicted molar refractivity (Wildman–Crippen MR) is 68.1 cm³/mol. The third-order valence-corrected chi connectivity index (χ3v) is 3.47. The van der Waals surface area contributed by atoms with Gasteiger partial charge in [0.15, 0.2) is 0 Å². The smallest absolute Gasteiger partial charge is 0.393 e.